The third kappa shape index (κ3) is 4.70. The smallest absolute Gasteiger partial charge is 0.243 e. The van der Waals surface area contributed by atoms with Gasteiger partial charge >= 0.3 is 0 Å². The number of aryl methyl sites for hydroxylation is 1. The number of nitrogens with zero attached hydrogens (tertiary/aromatic N) is 2. The number of carbonyl (C=O) groups is 2. The molecule has 1 saturated heterocycles. The van der Waals surface area contributed by atoms with E-state index in [0.717, 1.165) is 25.1 Å². The minimum atomic E-state index is -0.291. The number of hydrogen-bond donors (Lipinski definition) is 1. The fourth-order valence-corrected chi connectivity index (χ4v) is 3.88. The summed E-state index contributed by atoms with van der Waals surface area (Å²) >= 11 is 1.66. The molecule has 1 aliphatic heterocycles. The van der Waals surface area contributed by atoms with Gasteiger partial charge in [-0.2, -0.15) is 0 Å². The van der Waals surface area contributed by atoms with E-state index < -0.39 is 0 Å². The highest BCUT2D eigenvalue weighted by molar-refractivity contribution is 7.99. The van der Waals surface area contributed by atoms with Crippen LogP contribution in [0.2, 0.25) is 0 Å². The third-order valence-electron chi connectivity index (χ3n) is 4.32. The predicted octanol–water partition coefficient (Wildman–Crippen LogP) is 1.83. The van der Waals surface area contributed by atoms with Gasteiger partial charge in [0.05, 0.1) is 5.88 Å². The first-order valence-corrected chi connectivity index (χ1v) is 9.44. The summed E-state index contributed by atoms with van der Waals surface area (Å²) in [5.74, 6) is 2.10. The number of aromatic nitrogens is 1. The lowest BCUT2D eigenvalue weighted by molar-refractivity contribution is -0.138. The van der Waals surface area contributed by atoms with Gasteiger partial charge in [0.2, 0.25) is 11.8 Å². The monoisotopic (exact) mass is 333 g/mol. The SMILES string of the molecule is O=C(NCC1CC1)C1CSCN1C(=O)CCCc1ccccn1. The van der Waals surface area contributed by atoms with Crippen LogP contribution in [0.25, 0.3) is 0 Å². The molecule has 1 aromatic heterocycles. The second-order valence-corrected chi connectivity index (χ2v) is 7.24. The summed E-state index contributed by atoms with van der Waals surface area (Å²) in [7, 11) is 0. The maximum atomic E-state index is 12.4. The Labute approximate surface area is 141 Å². The molecule has 124 valence electrons. The van der Waals surface area contributed by atoms with Crippen molar-refractivity contribution in [2.75, 3.05) is 18.2 Å². The number of amides is 2. The molecule has 0 aromatic carbocycles. The van der Waals surface area contributed by atoms with E-state index in [-0.39, 0.29) is 17.9 Å². The molecule has 1 N–H and O–H groups in total. The van der Waals surface area contributed by atoms with Gasteiger partial charge in [-0.15, -0.1) is 11.8 Å². The second kappa shape index (κ2) is 7.81. The number of hydrogen-bond acceptors (Lipinski definition) is 4. The van der Waals surface area contributed by atoms with Crippen LogP contribution in [-0.4, -0.2) is 45.9 Å². The predicted molar refractivity (Wildman–Crippen MR) is 90.9 cm³/mol. The lowest BCUT2D eigenvalue weighted by Crippen LogP contribution is -2.47. The fraction of sp³-hybridized carbons (Fsp3) is 0.588. The second-order valence-electron chi connectivity index (χ2n) is 6.24. The van der Waals surface area contributed by atoms with E-state index in [0.29, 0.717) is 24.0 Å². The van der Waals surface area contributed by atoms with Crippen LogP contribution in [-0.2, 0) is 16.0 Å². The van der Waals surface area contributed by atoms with E-state index in [1.807, 2.05) is 18.2 Å². The average molecular weight is 333 g/mol. The molecule has 3 rings (SSSR count). The lowest BCUT2D eigenvalue weighted by Gasteiger charge is -2.23. The van der Waals surface area contributed by atoms with Crippen LogP contribution in [0.5, 0.6) is 0 Å². The quantitative estimate of drug-likeness (QED) is 0.827. The molecule has 2 heterocycles. The third-order valence-corrected chi connectivity index (χ3v) is 5.33. The standard InChI is InChI=1S/C17H23N3O2S/c21-16(6-3-5-14-4-1-2-9-18-14)20-12-23-11-15(20)17(22)19-10-13-7-8-13/h1-2,4,9,13,15H,3,5-8,10-12H2,(H,19,22). The van der Waals surface area contributed by atoms with E-state index in [9.17, 15) is 9.59 Å². The molecule has 2 aliphatic rings. The normalized spacial score (nSPS) is 20.5. The van der Waals surface area contributed by atoms with Crippen LogP contribution in [0, 0.1) is 5.92 Å². The average Bonchev–Trinajstić information content (AvgIpc) is 3.27. The zero-order chi connectivity index (χ0) is 16.1. The van der Waals surface area contributed by atoms with Gasteiger partial charge < -0.3 is 10.2 Å². The maximum Gasteiger partial charge on any atom is 0.243 e. The van der Waals surface area contributed by atoms with Crippen LogP contribution >= 0.6 is 11.8 Å². The topological polar surface area (TPSA) is 62.3 Å². The van der Waals surface area contributed by atoms with Crippen molar-refractivity contribution >= 4 is 23.6 Å². The van der Waals surface area contributed by atoms with Gasteiger partial charge in [-0.05, 0) is 43.7 Å². The summed E-state index contributed by atoms with van der Waals surface area (Å²) in [4.78, 5) is 30.7. The molecule has 1 aliphatic carbocycles. The van der Waals surface area contributed by atoms with Crippen molar-refractivity contribution in [3.8, 4) is 0 Å². The summed E-state index contributed by atoms with van der Waals surface area (Å²) in [6, 6.07) is 5.54. The van der Waals surface area contributed by atoms with E-state index in [2.05, 4.69) is 10.3 Å². The molecule has 0 radical (unpaired) electrons. The van der Waals surface area contributed by atoms with Gasteiger partial charge in [0.25, 0.3) is 0 Å². The van der Waals surface area contributed by atoms with Crippen molar-refractivity contribution in [1.82, 2.24) is 15.2 Å². The summed E-state index contributed by atoms with van der Waals surface area (Å²) in [5, 5.41) is 3.00. The van der Waals surface area contributed by atoms with E-state index >= 15 is 0 Å². The number of pyridine rings is 1. The molecule has 2 amide bonds. The molecule has 1 saturated carbocycles. The molecule has 0 spiro atoms. The lowest BCUT2D eigenvalue weighted by atomic mass is 10.1. The largest absolute Gasteiger partial charge is 0.354 e. The molecule has 23 heavy (non-hydrogen) atoms. The van der Waals surface area contributed by atoms with Crippen molar-refractivity contribution in [2.45, 2.75) is 38.1 Å². The molecular formula is C17H23N3O2S. The summed E-state index contributed by atoms with van der Waals surface area (Å²) in [6.07, 6.45) is 6.25. The zero-order valence-corrected chi connectivity index (χ0v) is 14.1. The van der Waals surface area contributed by atoms with E-state index in [1.54, 1.807) is 22.9 Å². The van der Waals surface area contributed by atoms with Gasteiger partial charge in [0.1, 0.15) is 6.04 Å². The van der Waals surface area contributed by atoms with Crippen molar-refractivity contribution in [3.63, 3.8) is 0 Å². The van der Waals surface area contributed by atoms with Crippen LogP contribution < -0.4 is 5.32 Å². The summed E-state index contributed by atoms with van der Waals surface area (Å²) < 4.78 is 0. The van der Waals surface area contributed by atoms with Gasteiger partial charge in [-0.25, -0.2) is 0 Å². The number of nitrogens with one attached hydrogen (secondary N) is 1. The van der Waals surface area contributed by atoms with E-state index in [1.165, 1.54) is 12.8 Å². The summed E-state index contributed by atoms with van der Waals surface area (Å²) in [6.45, 7) is 0.766. The highest BCUT2D eigenvalue weighted by Crippen LogP contribution is 2.28. The number of rotatable bonds is 7. The first-order chi connectivity index (χ1) is 11.2. The first kappa shape index (κ1) is 16.3. The van der Waals surface area contributed by atoms with Crippen LogP contribution in [0.1, 0.15) is 31.4 Å². The van der Waals surface area contributed by atoms with Crippen molar-refractivity contribution in [2.24, 2.45) is 5.92 Å². The first-order valence-electron chi connectivity index (χ1n) is 8.29. The Morgan fingerprint density at radius 2 is 2.22 bits per heavy atom. The maximum absolute atomic E-state index is 12.4. The van der Waals surface area contributed by atoms with Crippen molar-refractivity contribution < 1.29 is 9.59 Å². The van der Waals surface area contributed by atoms with Gasteiger partial charge in [0.15, 0.2) is 0 Å². The van der Waals surface area contributed by atoms with Gasteiger partial charge in [-0.3, -0.25) is 14.6 Å². The Morgan fingerprint density at radius 1 is 1.35 bits per heavy atom. The molecule has 1 aromatic rings. The molecule has 5 nitrogen and oxygen atoms in total. The Bertz CT molecular complexity index is 548. The summed E-state index contributed by atoms with van der Waals surface area (Å²) in [5.41, 5.74) is 1.01. The molecular weight excluding hydrogens is 310 g/mol. The zero-order valence-electron chi connectivity index (χ0n) is 13.2. The minimum Gasteiger partial charge on any atom is -0.354 e. The van der Waals surface area contributed by atoms with Gasteiger partial charge in [0, 0.05) is 30.6 Å². The fourth-order valence-electron chi connectivity index (χ4n) is 2.70. The van der Waals surface area contributed by atoms with Crippen LogP contribution in [0.4, 0.5) is 0 Å². The number of carbonyl (C=O) groups excluding carboxylic acids is 2. The van der Waals surface area contributed by atoms with Crippen molar-refractivity contribution in [1.29, 1.82) is 0 Å². The highest BCUT2D eigenvalue weighted by Gasteiger charge is 2.34. The molecule has 1 atom stereocenters. The molecule has 2 fully saturated rings. The number of thioether (sulfide) groups is 1. The molecule has 1 unspecified atom stereocenters. The molecule has 0 bridgehead atoms. The Morgan fingerprint density at radius 3 is 2.96 bits per heavy atom. The molecule has 6 heteroatoms. The Balaban J connectivity index is 1.44. The van der Waals surface area contributed by atoms with Crippen LogP contribution in [0.3, 0.4) is 0 Å². The van der Waals surface area contributed by atoms with Gasteiger partial charge in [-0.1, -0.05) is 6.07 Å². The van der Waals surface area contributed by atoms with E-state index in [4.69, 9.17) is 0 Å². The minimum absolute atomic E-state index is 0.0139. The Kier molecular flexibility index (Phi) is 5.54. The van der Waals surface area contributed by atoms with Crippen LogP contribution in [0.15, 0.2) is 24.4 Å². The highest BCUT2D eigenvalue weighted by atomic mass is 32.2. The van der Waals surface area contributed by atoms with Crippen molar-refractivity contribution in [3.05, 3.63) is 30.1 Å². The Hall–Kier alpha value is -1.56.